The Kier molecular flexibility index (Phi) is 5.64. The number of carbonyl (C=O) groups excluding carboxylic acids is 1. The number of hydrogen-bond acceptors (Lipinski definition) is 4. The highest BCUT2D eigenvalue weighted by atomic mass is 35.5. The van der Waals surface area contributed by atoms with Crippen LogP contribution in [-0.2, 0) is 0 Å². The number of nitrogen functional groups attached to an aromatic ring is 1. The highest BCUT2D eigenvalue weighted by Crippen LogP contribution is 2.35. The maximum absolute atomic E-state index is 11.6. The van der Waals surface area contributed by atoms with Crippen LogP contribution in [0.15, 0.2) is 6.07 Å². The molecular formula is C13H17ClN2O4. The molecule has 1 amide bonds. The van der Waals surface area contributed by atoms with Gasteiger partial charge in [-0.25, -0.2) is 4.79 Å². The van der Waals surface area contributed by atoms with Crippen molar-refractivity contribution in [2.24, 2.45) is 0 Å². The molecule has 0 heterocycles. The second-order valence-corrected chi connectivity index (χ2v) is 4.67. The number of rotatable bonds is 6. The maximum Gasteiger partial charge on any atom is 0.404 e. The van der Waals surface area contributed by atoms with Crippen LogP contribution in [0.5, 0.6) is 5.75 Å². The number of ether oxygens (including phenoxy) is 1. The first-order chi connectivity index (χ1) is 9.34. The molecule has 0 saturated carbocycles. The number of carbonyl (C=O) groups is 2. The Morgan fingerprint density at radius 3 is 2.70 bits per heavy atom. The third kappa shape index (κ3) is 4.03. The van der Waals surface area contributed by atoms with Gasteiger partial charge in [0.05, 0.1) is 17.9 Å². The molecule has 0 fully saturated rings. The fourth-order valence-electron chi connectivity index (χ4n) is 1.60. The summed E-state index contributed by atoms with van der Waals surface area (Å²) in [5, 5.41) is 11.1. The van der Waals surface area contributed by atoms with Gasteiger partial charge in [-0.05, 0) is 31.9 Å². The summed E-state index contributed by atoms with van der Waals surface area (Å²) in [6, 6.07) is 1.53. The largest absolute Gasteiger partial charge is 0.491 e. The van der Waals surface area contributed by atoms with Crippen LogP contribution in [-0.4, -0.2) is 30.1 Å². The van der Waals surface area contributed by atoms with Gasteiger partial charge in [0.25, 0.3) is 0 Å². The monoisotopic (exact) mass is 300 g/mol. The fourth-order valence-corrected chi connectivity index (χ4v) is 1.81. The predicted octanol–water partition coefficient (Wildman–Crippen LogP) is 2.47. The van der Waals surface area contributed by atoms with Crippen molar-refractivity contribution in [3.63, 3.8) is 0 Å². The number of nitrogens with two attached hydrogens (primary N) is 1. The van der Waals surface area contributed by atoms with Gasteiger partial charge in [-0.2, -0.15) is 0 Å². The number of nitrogens with one attached hydrogen (secondary N) is 1. The summed E-state index contributed by atoms with van der Waals surface area (Å²) in [5.74, 6) is 0.104. The number of carboxylic acid groups (broad SMARTS) is 1. The van der Waals surface area contributed by atoms with E-state index >= 15 is 0 Å². The minimum Gasteiger partial charge on any atom is -0.491 e. The van der Waals surface area contributed by atoms with Crippen molar-refractivity contribution >= 4 is 29.2 Å². The summed E-state index contributed by atoms with van der Waals surface area (Å²) in [6.07, 6.45) is -0.624. The van der Waals surface area contributed by atoms with Gasteiger partial charge in [-0.15, -0.1) is 0 Å². The van der Waals surface area contributed by atoms with E-state index in [9.17, 15) is 9.59 Å². The van der Waals surface area contributed by atoms with E-state index in [1.807, 2.05) is 0 Å². The van der Waals surface area contributed by atoms with E-state index in [-0.39, 0.29) is 18.9 Å². The van der Waals surface area contributed by atoms with E-state index in [2.05, 4.69) is 5.32 Å². The minimum atomic E-state index is -1.09. The van der Waals surface area contributed by atoms with Gasteiger partial charge < -0.3 is 20.9 Å². The molecule has 6 nitrogen and oxygen atoms in total. The number of anilines is 1. The van der Waals surface area contributed by atoms with Gasteiger partial charge in [-0.1, -0.05) is 11.6 Å². The topological polar surface area (TPSA) is 102 Å². The van der Waals surface area contributed by atoms with E-state index < -0.39 is 6.09 Å². The molecule has 1 rings (SSSR count). The SMILES string of the molecule is CC(=O)c1cc(Cl)c(C)c(N)c1OCCCNC(=O)O. The molecule has 0 aliphatic heterocycles. The molecule has 0 bridgehead atoms. The number of ketones is 1. The van der Waals surface area contributed by atoms with Crippen molar-refractivity contribution < 1.29 is 19.4 Å². The van der Waals surface area contributed by atoms with Gasteiger partial charge in [-0.3, -0.25) is 4.79 Å². The number of amides is 1. The molecule has 0 aliphatic carbocycles. The molecule has 0 spiro atoms. The first-order valence-corrected chi connectivity index (χ1v) is 6.41. The van der Waals surface area contributed by atoms with Crippen molar-refractivity contribution in [1.29, 1.82) is 0 Å². The van der Waals surface area contributed by atoms with Gasteiger partial charge in [0, 0.05) is 11.6 Å². The number of Topliss-reactive ketones (excluding diaryl/α,β-unsaturated/α-hetero) is 1. The lowest BCUT2D eigenvalue weighted by Gasteiger charge is -2.15. The second kappa shape index (κ2) is 7.00. The van der Waals surface area contributed by atoms with Crippen LogP contribution in [0.4, 0.5) is 10.5 Å². The zero-order chi connectivity index (χ0) is 15.3. The molecule has 0 atom stereocenters. The summed E-state index contributed by atoms with van der Waals surface area (Å²) in [5.41, 5.74) is 7.21. The Morgan fingerprint density at radius 1 is 1.50 bits per heavy atom. The van der Waals surface area contributed by atoms with Crippen molar-refractivity contribution in [3.8, 4) is 5.75 Å². The molecule has 0 unspecified atom stereocenters. The molecule has 7 heteroatoms. The van der Waals surface area contributed by atoms with E-state index in [0.29, 0.717) is 34.0 Å². The van der Waals surface area contributed by atoms with Crippen molar-refractivity contribution in [2.75, 3.05) is 18.9 Å². The molecule has 0 saturated heterocycles. The molecule has 0 aliphatic rings. The van der Waals surface area contributed by atoms with Crippen LogP contribution in [0, 0.1) is 6.92 Å². The van der Waals surface area contributed by atoms with Crippen molar-refractivity contribution in [1.82, 2.24) is 5.32 Å². The normalized spacial score (nSPS) is 10.2. The lowest BCUT2D eigenvalue weighted by molar-refractivity contribution is 0.101. The van der Waals surface area contributed by atoms with Gasteiger partial charge >= 0.3 is 6.09 Å². The fraction of sp³-hybridized carbons (Fsp3) is 0.385. The summed E-state index contributed by atoms with van der Waals surface area (Å²) in [6.45, 7) is 3.64. The minimum absolute atomic E-state index is 0.197. The molecule has 20 heavy (non-hydrogen) atoms. The van der Waals surface area contributed by atoms with Crippen molar-refractivity contribution in [2.45, 2.75) is 20.3 Å². The molecule has 1 aromatic rings. The van der Waals surface area contributed by atoms with Crippen LogP contribution < -0.4 is 15.8 Å². The lowest BCUT2D eigenvalue weighted by Crippen LogP contribution is -2.23. The summed E-state index contributed by atoms with van der Waals surface area (Å²) in [4.78, 5) is 21.9. The Morgan fingerprint density at radius 2 is 2.15 bits per heavy atom. The first-order valence-electron chi connectivity index (χ1n) is 6.03. The van der Waals surface area contributed by atoms with Crippen LogP contribution >= 0.6 is 11.6 Å². The van der Waals surface area contributed by atoms with Gasteiger partial charge in [0.2, 0.25) is 0 Å². The Labute approximate surface area is 121 Å². The molecular weight excluding hydrogens is 284 g/mol. The smallest absolute Gasteiger partial charge is 0.404 e. The van der Waals surface area contributed by atoms with Gasteiger partial charge in [0.1, 0.15) is 0 Å². The van der Waals surface area contributed by atoms with E-state index in [1.54, 1.807) is 6.92 Å². The molecule has 110 valence electrons. The molecule has 4 N–H and O–H groups in total. The van der Waals surface area contributed by atoms with Crippen LogP contribution in [0.2, 0.25) is 5.02 Å². The quantitative estimate of drug-likeness (QED) is 0.425. The lowest BCUT2D eigenvalue weighted by atomic mass is 10.1. The second-order valence-electron chi connectivity index (χ2n) is 4.26. The Bertz CT molecular complexity index is 532. The number of hydrogen-bond donors (Lipinski definition) is 3. The summed E-state index contributed by atoms with van der Waals surface area (Å²) < 4.78 is 5.51. The summed E-state index contributed by atoms with van der Waals surface area (Å²) >= 11 is 5.99. The van der Waals surface area contributed by atoms with Crippen LogP contribution in [0.1, 0.15) is 29.3 Å². The van der Waals surface area contributed by atoms with E-state index in [0.717, 1.165) is 0 Å². The van der Waals surface area contributed by atoms with E-state index in [4.69, 9.17) is 27.2 Å². The highest BCUT2D eigenvalue weighted by Gasteiger charge is 2.16. The van der Waals surface area contributed by atoms with Gasteiger partial charge in [0.15, 0.2) is 11.5 Å². The molecule has 0 aromatic heterocycles. The van der Waals surface area contributed by atoms with Crippen LogP contribution in [0.3, 0.4) is 0 Å². The zero-order valence-corrected chi connectivity index (χ0v) is 12.1. The Balaban J connectivity index is 2.80. The number of halogens is 1. The maximum atomic E-state index is 11.6. The van der Waals surface area contributed by atoms with Crippen molar-refractivity contribution in [3.05, 3.63) is 22.2 Å². The standard InChI is InChI=1S/C13H17ClN2O4/c1-7-10(14)6-9(8(2)17)12(11(7)15)20-5-3-4-16-13(18)19/h6,16H,3-5,15H2,1-2H3,(H,18,19). The zero-order valence-electron chi connectivity index (χ0n) is 11.3. The average molecular weight is 301 g/mol. The first kappa shape index (κ1) is 16.1. The van der Waals surface area contributed by atoms with E-state index in [1.165, 1.54) is 13.0 Å². The predicted molar refractivity (Wildman–Crippen MR) is 76.7 cm³/mol. The molecule has 0 radical (unpaired) electrons. The third-order valence-corrected chi connectivity index (χ3v) is 3.14. The average Bonchev–Trinajstić information content (AvgIpc) is 2.37. The molecule has 1 aromatic carbocycles. The number of benzene rings is 1. The third-order valence-electron chi connectivity index (χ3n) is 2.75. The highest BCUT2D eigenvalue weighted by molar-refractivity contribution is 6.32. The summed E-state index contributed by atoms with van der Waals surface area (Å²) in [7, 11) is 0. The van der Waals surface area contributed by atoms with Crippen LogP contribution in [0.25, 0.3) is 0 Å². The Hall–Kier alpha value is -1.95.